The first-order valence-corrected chi connectivity index (χ1v) is 15.6. The highest BCUT2D eigenvalue weighted by atomic mass is 32.2. The third-order valence-corrected chi connectivity index (χ3v) is 9.30. The molecule has 0 aromatic heterocycles. The number of ether oxygens (including phenoxy) is 2. The summed E-state index contributed by atoms with van der Waals surface area (Å²) < 4.78 is 39.6. The molecule has 41 heavy (non-hydrogen) atoms. The number of carbonyl (C=O) groups is 1. The summed E-state index contributed by atoms with van der Waals surface area (Å²) in [6.45, 7) is 0.576. The molecule has 220 valence electrons. The fourth-order valence-corrected chi connectivity index (χ4v) is 6.73. The van der Waals surface area contributed by atoms with Gasteiger partial charge in [-0.15, -0.1) is 0 Å². The lowest BCUT2D eigenvalue weighted by Crippen LogP contribution is -2.46. The SMILES string of the molecule is COc1ccc(S(=O)(=O)N(CC2CCCC2)C[C@@H](O)CN(CCc2ccccc2)C(=O)OCc2ccccc2)cc1. The molecule has 0 bridgehead atoms. The Hall–Kier alpha value is -3.40. The van der Waals surface area contributed by atoms with Gasteiger partial charge in [-0.3, -0.25) is 0 Å². The number of benzene rings is 3. The van der Waals surface area contributed by atoms with Crippen LogP contribution in [0.1, 0.15) is 36.8 Å². The fraction of sp³-hybridized carbons (Fsp3) is 0.406. The maximum absolute atomic E-state index is 13.7. The summed E-state index contributed by atoms with van der Waals surface area (Å²) in [7, 11) is -2.35. The van der Waals surface area contributed by atoms with Crippen LogP contribution in [0.4, 0.5) is 4.79 Å². The number of rotatable bonds is 14. The maximum Gasteiger partial charge on any atom is 0.410 e. The Morgan fingerprint density at radius 1 is 0.902 bits per heavy atom. The third-order valence-electron chi connectivity index (χ3n) is 7.46. The first kappa shape index (κ1) is 30.6. The molecule has 4 rings (SSSR count). The molecule has 1 aliphatic rings. The molecule has 1 saturated carbocycles. The van der Waals surface area contributed by atoms with E-state index in [9.17, 15) is 18.3 Å². The van der Waals surface area contributed by atoms with Crippen LogP contribution in [0.25, 0.3) is 0 Å². The van der Waals surface area contributed by atoms with E-state index in [1.54, 1.807) is 12.1 Å². The zero-order valence-electron chi connectivity index (χ0n) is 23.6. The quantitative estimate of drug-likeness (QED) is 0.284. The summed E-state index contributed by atoms with van der Waals surface area (Å²) in [6, 6.07) is 25.4. The lowest BCUT2D eigenvalue weighted by atomic mass is 10.1. The Morgan fingerprint density at radius 3 is 2.12 bits per heavy atom. The second-order valence-corrected chi connectivity index (χ2v) is 12.5. The highest BCUT2D eigenvalue weighted by molar-refractivity contribution is 7.89. The molecule has 3 aromatic carbocycles. The van der Waals surface area contributed by atoms with Crippen LogP contribution < -0.4 is 4.74 Å². The largest absolute Gasteiger partial charge is 0.497 e. The predicted octanol–water partition coefficient (Wildman–Crippen LogP) is 5.12. The molecule has 8 nitrogen and oxygen atoms in total. The second-order valence-electron chi connectivity index (χ2n) is 10.5. The van der Waals surface area contributed by atoms with Crippen molar-refractivity contribution in [3.05, 3.63) is 96.1 Å². The van der Waals surface area contributed by atoms with Crippen molar-refractivity contribution in [1.82, 2.24) is 9.21 Å². The first-order valence-electron chi connectivity index (χ1n) is 14.2. The van der Waals surface area contributed by atoms with E-state index >= 15 is 0 Å². The highest BCUT2D eigenvalue weighted by Crippen LogP contribution is 2.28. The Labute approximate surface area is 243 Å². The van der Waals surface area contributed by atoms with Crippen molar-refractivity contribution >= 4 is 16.1 Å². The monoisotopic (exact) mass is 580 g/mol. The van der Waals surface area contributed by atoms with Crippen molar-refractivity contribution in [2.45, 2.75) is 49.7 Å². The van der Waals surface area contributed by atoms with Crippen molar-refractivity contribution in [3.63, 3.8) is 0 Å². The van der Waals surface area contributed by atoms with E-state index in [1.165, 1.54) is 28.4 Å². The molecule has 3 aromatic rings. The van der Waals surface area contributed by atoms with Crippen molar-refractivity contribution < 1.29 is 27.8 Å². The number of hydrogen-bond donors (Lipinski definition) is 1. The molecule has 0 saturated heterocycles. The van der Waals surface area contributed by atoms with Crippen LogP contribution in [-0.2, 0) is 27.8 Å². The van der Waals surface area contributed by atoms with Gasteiger partial charge in [-0.1, -0.05) is 73.5 Å². The van der Waals surface area contributed by atoms with E-state index in [1.807, 2.05) is 60.7 Å². The molecular formula is C32H40N2O6S. The molecule has 1 atom stereocenters. The standard InChI is InChI=1S/C32H40N2O6S/c1-39-30-16-18-31(19-17-30)41(37,38)34(22-27-12-8-9-13-27)24-29(35)23-33(21-20-26-10-4-2-5-11-26)32(36)40-25-28-14-6-3-7-15-28/h2-7,10-11,14-19,27,29,35H,8-9,12-13,20-25H2,1H3/t29-/m0/s1. The summed E-state index contributed by atoms with van der Waals surface area (Å²) >= 11 is 0. The average molecular weight is 581 g/mol. The predicted molar refractivity (Wildman–Crippen MR) is 158 cm³/mol. The number of sulfonamides is 1. The molecule has 1 fully saturated rings. The lowest BCUT2D eigenvalue weighted by Gasteiger charge is -2.30. The van der Waals surface area contributed by atoms with E-state index < -0.39 is 22.2 Å². The van der Waals surface area contributed by atoms with Gasteiger partial charge in [0.2, 0.25) is 10.0 Å². The van der Waals surface area contributed by atoms with E-state index in [0.717, 1.165) is 36.8 Å². The number of hydrogen-bond acceptors (Lipinski definition) is 6. The Bertz CT molecular complexity index is 1310. The van der Waals surface area contributed by atoms with Gasteiger partial charge in [0.15, 0.2) is 0 Å². The molecule has 9 heteroatoms. The van der Waals surface area contributed by atoms with Gasteiger partial charge in [0.25, 0.3) is 0 Å². The molecule has 1 N–H and O–H groups in total. The number of nitrogens with zero attached hydrogens (tertiary/aromatic N) is 2. The van der Waals surface area contributed by atoms with Crippen LogP contribution in [-0.4, -0.2) is 68.2 Å². The fourth-order valence-electron chi connectivity index (χ4n) is 5.17. The number of carbonyl (C=O) groups excluding carboxylic acids is 1. The van der Waals surface area contributed by atoms with Crippen LogP contribution in [0.3, 0.4) is 0 Å². The van der Waals surface area contributed by atoms with Gasteiger partial charge in [-0.25, -0.2) is 13.2 Å². The van der Waals surface area contributed by atoms with Gasteiger partial charge in [-0.05, 0) is 60.6 Å². The molecular weight excluding hydrogens is 540 g/mol. The Balaban J connectivity index is 1.48. The summed E-state index contributed by atoms with van der Waals surface area (Å²) in [5.74, 6) is 0.801. The van der Waals surface area contributed by atoms with Crippen molar-refractivity contribution in [2.75, 3.05) is 33.3 Å². The first-order chi connectivity index (χ1) is 19.8. The summed E-state index contributed by atoms with van der Waals surface area (Å²) in [4.78, 5) is 14.8. The number of amides is 1. The number of aliphatic hydroxyl groups excluding tert-OH is 1. The minimum atomic E-state index is -3.88. The van der Waals surface area contributed by atoms with E-state index in [0.29, 0.717) is 25.3 Å². The van der Waals surface area contributed by atoms with Gasteiger partial charge in [-0.2, -0.15) is 4.31 Å². The van der Waals surface area contributed by atoms with Gasteiger partial charge in [0, 0.05) is 19.6 Å². The normalized spacial score (nSPS) is 14.6. The zero-order valence-corrected chi connectivity index (χ0v) is 24.4. The molecule has 1 amide bonds. The summed E-state index contributed by atoms with van der Waals surface area (Å²) in [5, 5.41) is 11.2. The van der Waals surface area contributed by atoms with E-state index in [4.69, 9.17) is 9.47 Å². The number of methoxy groups -OCH3 is 1. The minimum Gasteiger partial charge on any atom is -0.497 e. The van der Waals surface area contributed by atoms with Gasteiger partial charge in [0.05, 0.1) is 24.7 Å². The van der Waals surface area contributed by atoms with Crippen molar-refractivity contribution in [3.8, 4) is 5.75 Å². The summed E-state index contributed by atoms with van der Waals surface area (Å²) in [5.41, 5.74) is 1.91. The van der Waals surface area contributed by atoms with E-state index in [2.05, 4.69) is 0 Å². The van der Waals surface area contributed by atoms with Crippen LogP contribution >= 0.6 is 0 Å². The van der Waals surface area contributed by atoms with Gasteiger partial charge >= 0.3 is 6.09 Å². The van der Waals surface area contributed by atoms with Crippen LogP contribution in [0.15, 0.2) is 89.8 Å². The molecule has 0 heterocycles. The third kappa shape index (κ3) is 9.05. The van der Waals surface area contributed by atoms with Gasteiger partial charge < -0.3 is 19.5 Å². The van der Waals surface area contributed by atoms with Crippen molar-refractivity contribution in [1.29, 1.82) is 0 Å². The van der Waals surface area contributed by atoms with Crippen LogP contribution in [0.5, 0.6) is 5.75 Å². The zero-order chi connectivity index (χ0) is 29.1. The number of aliphatic hydroxyl groups is 1. The molecule has 1 aliphatic carbocycles. The van der Waals surface area contributed by atoms with Gasteiger partial charge in [0.1, 0.15) is 12.4 Å². The smallest absolute Gasteiger partial charge is 0.410 e. The Morgan fingerprint density at radius 2 is 1.51 bits per heavy atom. The van der Waals surface area contributed by atoms with Crippen LogP contribution in [0.2, 0.25) is 0 Å². The van der Waals surface area contributed by atoms with Crippen LogP contribution in [0, 0.1) is 5.92 Å². The molecule has 0 unspecified atom stereocenters. The molecule has 0 aliphatic heterocycles. The van der Waals surface area contributed by atoms with Crippen molar-refractivity contribution in [2.24, 2.45) is 5.92 Å². The summed E-state index contributed by atoms with van der Waals surface area (Å²) in [6.07, 6.45) is 2.98. The topological polar surface area (TPSA) is 96.4 Å². The van der Waals surface area contributed by atoms with E-state index in [-0.39, 0.29) is 30.5 Å². The Kier molecular flexibility index (Phi) is 11.2. The minimum absolute atomic E-state index is 0.0558. The molecule has 0 radical (unpaired) electrons. The molecule has 0 spiro atoms. The average Bonchev–Trinajstić information content (AvgIpc) is 3.52. The lowest BCUT2D eigenvalue weighted by molar-refractivity contribution is 0.0621. The second kappa shape index (κ2) is 15.0. The maximum atomic E-state index is 13.7. The highest BCUT2D eigenvalue weighted by Gasteiger charge is 2.31.